The molecule has 1 heterocycles. The Hall–Kier alpha value is -1.61. The van der Waals surface area contributed by atoms with Gasteiger partial charge in [-0.15, -0.1) is 0 Å². The maximum absolute atomic E-state index is 13.0. The van der Waals surface area contributed by atoms with Gasteiger partial charge in [-0.3, -0.25) is 4.79 Å². The van der Waals surface area contributed by atoms with Crippen LogP contribution in [0.4, 0.5) is 0 Å². The standard InChI is InChI=1S/C21H22BrNO/c22-20-11-5-4-10-17(20)18-14-19(18)21(24)23-12-6-9-16(23)13-15-7-2-1-3-8-15/h1-5,7-8,10-11,16,18-19H,6,9,12-14H2/t16-,18-,19+/m0/s1. The van der Waals surface area contributed by atoms with Gasteiger partial charge in [-0.1, -0.05) is 64.5 Å². The molecule has 124 valence electrons. The summed E-state index contributed by atoms with van der Waals surface area (Å²) in [6.45, 7) is 0.926. The molecule has 2 fully saturated rings. The predicted octanol–water partition coefficient (Wildman–Crippen LogP) is 4.79. The zero-order chi connectivity index (χ0) is 16.5. The molecule has 1 aliphatic carbocycles. The van der Waals surface area contributed by atoms with E-state index < -0.39 is 0 Å². The lowest BCUT2D eigenvalue weighted by molar-refractivity contribution is -0.133. The van der Waals surface area contributed by atoms with Crippen molar-refractivity contribution in [2.24, 2.45) is 5.92 Å². The van der Waals surface area contributed by atoms with Crippen molar-refractivity contribution in [3.8, 4) is 0 Å². The van der Waals surface area contributed by atoms with Crippen LogP contribution in [0.1, 0.15) is 36.3 Å². The van der Waals surface area contributed by atoms with E-state index in [0.717, 1.165) is 36.7 Å². The molecule has 3 heteroatoms. The SMILES string of the molecule is O=C([C@@H]1C[C@H]1c1ccccc1Br)N1CCC[C@H]1Cc1ccccc1. The highest BCUT2D eigenvalue weighted by Gasteiger charge is 2.48. The minimum atomic E-state index is 0.181. The van der Waals surface area contributed by atoms with E-state index >= 15 is 0 Å². The topological polar surface area (TPSA) is 20.3 Å². The molecule has 2 aliphatic rings. The molecule has 0 unspecified atom stereocenters. The number of carbonyl (C=O) groups excluding carboxylic acids is 1. The fourth-order valence-electron chi connectivity index (χ4n) is 4.02. The molecule has 0 radical (unpaired) electrons. The number of halogens is 1. The van der Waals surface area contributed by atoms with Crippen LogP contribution in [-0.2, 0) is 11.2 Å². The molecule has 0 spiro atoms. The van der Waals surface area contributed by atoms with Crippen molar-refractivity contribution in [3.05, 3.63) is 70.2 Å². The number of benzene rings is 2. The molecule has 0 N–H and O–H groups in total. The smallest absolute Gasteiger partial charge is 0.226 e. The average molecular weight is 384 g/mol. The van der Waals surface area contributed by atoms with Gasteiger partial charge in [-0.05, 0) is 48.8 Å². The summed E-state index contributed by atoms with van der Waals surface area (Å²) < 4.78 is 1.13. The van der Waals surface area contributed by atoms with Crippen molar-refractivity contribution in [2.45, 2.75) is 37.6 Å². The van der Waals surface area contributed by atoms with Crippen molar-refractivity contribution < 1.29 is 4.79 Å². The molecular formula is C21H22BrNO. The van der Waals surface area contributed by atoms with Gasteiger partial charge in [-0.25, -0.2) is 0 Å². The Morgan fingerprint density at radius 3 is 2.62 bits per heavy atom. The number of rotatable bonds is 4. The summed E-state index contributed by atoms with van der Waals surface area (Å²) in [4.78, 5) is 15.2. The molecule has 1 amide bonds. The minimum Gasteiger partial charge on any atom is -0.339 e. The second kappa shape index (κ2) is 6.72. The third-order valence-corrected chi connectivity index (χ3v) is 6.11. The highest BCUT2D eigenvalue weighted by molar-refractivity contribution is 9.10. The molecule has 0 aromatic heterocycles. The number of nitrogens with zero attached hydrogens (tertiary/aromatic N) is 1. The number of carbonyl (C=O) groups is 1. The van der Waals surface area contributed by atoms with Crippen LogP contribution in [0, 0.1) is 5.92 Å². The van der Waals surface area contributed by atoms with E-state index in [9.17, 15) is 4.79 Å². The Labute approximate surface area is 152 Å². The molecule has 2 aromatic rings. The first-order valence-corrected chi connectivity index (χ1v) is 9.62. The fraction of sp³-hybridized carbons (Fsp3) is 0.381. The van der Waals surface area contributed by atoms with Gasteiger partial charge in [0, 0.05) is 23.0 Å². The lowest BCUT2D eigenvalue weighted by atomic mass is 10.0. The van der Waals surface area contributed by atoms with Gasteiger partial charge in [0.15, 0.2) is 0 Å². The van der Waals surface area contributed by atoms with E-state index in [1.165, 1.54) is 11.1 Å². The van der Waals surface area contributed by atoms with Gasteiger partial charge in [0.25, 0.3) is 0 Å². The van der Waals surface area contributed by atoms with E-state index in [2.05, 4.69) is 63.3 Å². The zero-order valence-corrected chi connectivity index (χ0v) is 15.3. The van der Waals surface area contributed by atoms with Gasteiger partial charge in [-0.2, -0.15) is 0 Å². The fourth-order valence-corrected chi connectivity index (χ4v) is 4.60. The second-order valence-electron chi connectivity index (χ2n) is 6.99. The molecule has 1 aliphatic heterocycles. The van der Waals surface area contributed by atoms with Crippen molar-refractivity contribution in [1.82, 2.24) is 4.90 Å². The Kier molecular flexibility index (Phi) is 4.45. The third kappa shape index (κ3) is 3.14. The highest BCUT2D eigenvalue weighted by atomic mass is 79.9. The Bertz CT molecular complexity index is 730. The molecule has 2 aromatic carbocycles. The molecule has 2 nitrogen and oxygen atoms in total. The molecule has 3 atom stereocenters. The van der Waals surface area contributed by atoms with Crippen LogP contribution in [-0.4, -0.2) is 23.4 Å². The summed E-state index contributed by atoms with van der Waals surface area (Å²) in [7, 11) is 0. The number of amides is 1. The monoisotopic (exact) mass is 383 g/mol. The van der Waals surface area contributed by atoms with Crippen LogP contribution in [0.15, 0.2) is 59.1 Å². The first-order valence-electron chi connectivity index (χ1n) is 8.83. The van der Waals surface area contributed by atoms with Crippen LogP contribution in [0.2, 0.25) is 0 Å². The van der Waals surface area contributed by atoms with E-state index in [-0.39, 0.29) is 5.92 Å². The zero-order valence-electron chi connectivity index (χ0n) is 13.7. The summed E-state index contributed by atoms with van der Waals surface area (Å²) in [5, 5.41) is 0. The molecule has 1 saturated carbocycles. The quantitative estimate of drug-likeness (QED) is 0.743. The molecule has 24 heavy (non-hydrogen) atoms. The molecule has 4 rings (SSSR count). The summed E-state index contributed by atoms with van der Waals surface area (Å²) in [6.07, 6.45) is 4.25. The highest BCUT2D eigenvalue weighted by Crippen LogP contribution is 2.51. The first kappa shape index (κ1) is 15.9. The van der Waals surface area contributed by atoms with Gasteiger partial charge in [0.05, 0.1) is 0 Å². The van der Waals surface area contributed by atoms with Crippen molar-refractivity contribution in [3.63, 3.8) is 0 Å². The van der Waals surface area contributed by atoms with Crippen LogP contribution < -0.4 is 0 Å². The van der Waals surface area contributed by atoms with E-state index in [1.54, 1.807) is 0 Å². The van der Waals surface area contributed by atoms with Gasteiger partial charge >= 0.3 is 0 Å². The van der Waals surface area contributed by atoms with Crippen molar-refractivity contribution >= 4 is 21.8 Å². The van der Waals surface area contributed by atoms with E-state index in [1.807, 2.05) is 12.1 Å². The molecular weight excluding hydrogens is 362 g/mol. The van der Waals surface area contributed by atoms with Crippen LogP contribution >= 0.6 is 15.9 Å². The van der Waals surface area contributed by atoms with Crippen molar-refractivity contribution in [1.29, 1.82) is 0 Å². The normalized spacial score (nSPS) is 25.7. The lowest BCUT2D eigenvalue weighted by Gasteiger charge is -2.25. The summed E-state index contributed by atoms with van der Waals surface area (Å²) in [5.74, 6) is 0.945. The van der Waals surface area contributed by atoms with Crippen LogP contribution in [0.25, 0.3) is 0 Å². The second-order valence-corrected chi connectivity index (χ2v) is 7.84. The predicted molar refractivity (Wildman–Crippen MR) is 99.9 cm³/mol. The van der Waals surface area contributed by atoms with Gasteiger partial charge in [0.1, 0.15) is 0 Å². The van der Waals surface area contributed by atoms with Crippen LogP contribution in [0.5, 0.6) is 0 Å². The largest absolute Gasteiger partial charge is 0.339 e. The van der Waals surface area contributed by atoms with E-state index in [0.29, 0.717) is 17.9 Å². The number of hydrogen-bond donors (Lipinski definition) is 0. The average Bonchev–Trinajstić information content (AvgIpc) is 3.27. The number of likely N-dealkylation sites (tertiary alicyclic amines) is 1. The molecule has 1 saturated heterocycles. The van der Waals surface area contributed by atoms with Gasteiger partial charge < -0.3 is 4.90 Å². The van der Waals surface area contributed by atoms with E-state index in [4.69, 9.17) is 0 Å². The van der Waals surface area contributed by atoms with Crippen molar-refractivity contribution in [2.75, 3.05) is 6.54 Å². The lowest BCUT2D eigenvalue weighted by Crippen LogP contribution is -2.38. The minimum absolute atomic E-state index is 0.181. The Balaban J connectivity index is 1.44. The molecule has 0 bridgehead atoms. The maximum atomic E-state index is 13.0. The third-order valence-electron chi connectivity index (χ3n) is 5.39. The Morgan fingerprint density at radius 1 is 1.08 bits per heavy atom. The summed E-state index contributed by atoms with van der Waals surface area (Å²) in [6, 6.07) is 19.2. The Morgan fingerprint density at radius 2 is 1.83 bits per heavy atom. The number of hydrogen-bond acceptors (Lipinski definition) is 1. The first-order chi connectivity index (χ1) is 11.7. The van der Waals surface area contributed by atoms with Crippen LogP contribution in [0.3, 0.4) is 0 Å². The van der Waals surface area contributed by atoms with Gasteiger partial charge in [0.2, 0.25) is 5.91 Å². The summed E-state index contributed by atoms with van der Waals surface area (Å²) >= 11 is 3.63. The maximum Gasteiger partial charge on any atom is 0.226 e. The summed E-state index contributed by atoms with van der Waals surface area (Å²) in [5.41, 5.74) is 2.62.